The maximum Gasteiger partial charge on any atom is 0.159 e. The summed E-state index contributed by atoms with van der Waals surface area (Å²) in [5.74, 6) is 0.941. The van der Waals surface area contributed by atoms with Crippen LogP contribution < -0.4 is 15.4 Å². The van der Waals surface area contributed by atoms with Crippen molar-refractivity contribution >= 4 is 16.6 Å². The van der Waals surface area contributed by atoms with Gasteiger partial charge in [-0.25, -0.2) is 0 Å². The Morgan fingerprint density at radius 2 is 2.05 bits per heavy atom. The Labute approximate surface area is 128 Å². The van der Waals surface area contributed by atoms with Crippen molar-refractivity contribution < 1.29 is 4.74 Å². The van der Waals surface area contributed by atoms with Gasteiger partial charge in [-0.15, -0.1) is 0 Å². The van der Waals surface area contributed by atoms with Crippen molar-refractivity contribution in [3.8, 4) is 5.75 Å². The van der Waals surface area contributed by atoms with Crippen LogP contribution >= 0.6 is 0 Å². The molecule has 2 aliphatic rings. The van der Waals surface area contributed by atoms with E-state index in [0.29, 0.717) is 6.73 Å². The normalized spacial score (nSPS) is 19.4. The van der Waals surface area contributed by atoms with Gasteiger partial charge >= 0.3 is 0 Å². The van der Waals surface area contributed by atoms with Crippen molar-refractivity contribution in [1.82, 2.24) is 10.3 Å². The van der Waals surface area contributed by atoms with Gasteiger partial charge in [0.05, 0.1) is 11.7 Å². The van der Waals surface area contributed by atoms with E-state index in [1.807, 2.05) is 0 Å². The Morgan fingerprint density at radius 3 is 3.05 bits per heavy atom. The van der Waals surface area contributed by atoms with E-state index in [1.54, 1.807) is 0 Å². The lowest BCUT2D eigenvalue weighted by atomic mass is 9.94. The topological polar surface area (TPSA) is 49.1 Å². The molecule has 2 aromatic carbocycles. The van der Waals surface area contributed by atoms with E-state index in [-0.39, 0.29) is 6.04 Å². The summed E-state index contributed by atoms with van der Waals surface area (Å²) in [6, 6.07) is 15.2. The minimum Gasteiger partial charge on any atom is -0.471 e. The molecule has 110 valence electrons. The molecular weight excluding hydrogens is 274 g/mol. The molecular formula is C18H17N3O. The summed E-state index contributed by atoms with van der Waals surface area (Å²) in [5.41, 5.74) is 6.32. The van der Waals surface area contributed by atoms with E-state index < -0.39 is 0 Å². The molecule has 0 spiro atoms. The molecule has 5 rings (SSSR count). The largest absolute Gasteiger partial charge is 0.471 e. The van der Waals surface area contributed by atoms with E-state index in [9.17, 15) is 0 Å². The molecule has 3 heterocycles. The highest BCUT2D eigenvalue weighted by Gasteiger charge is 2.26. The molecule has 1 atom stereocenters. The smallest absolute Gasteiger partial charge is 0.159 e. The van der Waals surface area contributed by atoms with Crippen LogP contribution in [0.25, 0.3) is 10.9 Å². The van der Waals surface area contributed by atoms with Gasteiger partial charge < -0.3 is 20.4 Å². The number of hydrogen-bond donors (Lipinski definition) is 3. The SMILES string of the molecule is c1ccc2c3c([nH]c2c1)[C@@H](c1ccc2c(c1)NCO2)NCC3. The third kappa shape index (κ3) is 1.67. The van der Waals surface area contributed by atoms with Gasteiger partial charge in [-0.05, 0) is 35.7 Å². The molecule has 0 fully saturated rings. The van der Waals surface area contributed by atoms with Crippen LogP contribution in [0.2, 0.25) is 0 Å². The molecule has 0 saturated heterocycles. The van der Waals surface area contributed by atoms with Gasteiger partial charge in [-0.2, -0.15) is 0 Å². The average Bonchev–Trinajstić information content (AvgIpc) is 3.18. The molecule has 0 aliphatic carbocycles. The Hall–Kier alpha value is -2.46. The fraction of sp³-hybridized carbons (Fsp3) is 0.222. The standard InChI is InChI=1S/C18H17N3O/c1-2-4-14-12(3-1)13-7-8-19-17(18(13)21-14)11-5-6-16-15(9-11)20-10-22-16/h1-6,9,17,19-21H,7-8,10H2/t17-/m1/s1. The molecule has 1 aromatic heterocycles. The number of aromatic amines is 1. The van der Waals surface area contributed by atoms with Crippen LogP contribution in [-0.4, -0.2) is 18.3 Å². The van der Waals surface area contributed by atoms with Crippen molar-refractivity contribution in [3.05, 3.63) is 59.3 Å². The third-order valence-corrected chi connectivity index (χ3v) is 4.69. The summed E-state index contributed by atoms with van der Waals surface area (Å²) < 4.78 is 5.52. The van der Waals surface area contributed by atoms with Crippen LogP contribution in [0.4, 0.5) is 5.69 Å². The van der Waals surface area contributed by atoms with Gasteiger partial charge in [0, 0.05) is 23.1 Å². The second-order valence-corrected chi connectivity index (χ2v) is 5.92. The van der Waals surface area contributed by atoms with Crippen molar-refractivity contribution in [3.63, 3.8) is 0 Å². The number of para-hydroxylation sites is 1. The summed E-state index contributed by atoms with van der Waals surface area (Å²) in [6.45, 7) is 1.56. The van der Waals surface area contributed by atoms with Crippen molar-refractivity contribution in [2.75, 3.05) is 18.6 Å². The first-order valence-corrected chi connectivity index (χ1v) is 7.73. The quantitative estimate of drug-likeness (QED) is 0.645. The fourth-order valence-corrected chi connectivity index (χ4v) is 3.65. The van der Waals surface area contributed by atoms with Crippen molar-refractivity contribution in [1.29, 1.82) is 0 Å². The zero-order chi connectivity index (χ0) is 14.5. The zero-order valence-corrected chi connectivity index (χ0v) is 12.1. The highest BCUT2D eigenvalue weighted by atomic mass is 16.5. The van der Waals surface area contributed by atoms with E-state index in [1.165, 1.54) is 27.7 Å². The maximum absolute atomic E-state index is 5.52. The molecule has 0 saturated carbocycles. The second-order valence-electron chi connectivity index (χ2n) is 5.92. The predicted molar refractivity (Wildman–Crippen MR) is 87.4 cm³/mol. The Balaban J connectivity index is 1.65. The number of nitrogens with one attached hydrogen (secondary N) is 3. The molecule has 22 heavy (non-hydrogen) atoms. The molecule has 2 aliphatic heterocycles. The molecule has 0 bridgehead atoms. The zero-order valence-electron chi connectivity index (χ0n) is 12.1. The maximum atomic E-state index is 5.52. The van der Waals surface area contributed by atoms with Gasteiger partial charge in [0.15, 0.2) is 6.73 Å². The van der Waals surface area contributed by atoms with E-state index in [0.717, 1.165) is 24.4 Å². The number of H-pyrrole nitrogens is 1. The first-order chi connectivity index (χ1) is 10.9. The van der Waals surface area contributed by atoms with Crippen LogP contribution in [0.15, 0.2) is 42.5 Å². The minimum atomic E-state index is 0.212. The fourth-order valence-electron chi connectivity index (χ4n) is 3.65. The number of benzene rings is 2. The number of rotatable bonds is 1. The number of aromatic nitrogens is 1. The summed E-state index contributed by atoms with van der Waals surface area (Å²) in [4.78, 5) is 3.62. The molecule has 0 unspecified atom stereocenters. The van der Waals surface area contributed by atoms with Crippen molar-refractivity contribution in [2.45, 2.75) is 12.5 Å². The summed E-state index contributed by atoms with van der Waals surface area (Å²) in [7, 11) is 0. The second kappa shape index (κ2) is 4.52. The van der Waals surface area contributed by atoms with Crippen LogP contribution in [0.5, 0.6) is 5.75 Å². The van der Waals surface area contributed by atoms with Gasteiger partial charge in [0.1, 0.15) is 5.75 Å². The third-order valence-electron chi connectivity index (χ3n) is 4.69. The Morgan fingerprint density at radius 1 is 1.09 bits per heavy atom. The van der Waals surface area contributed by atoms with Crippen LogP contribution in [-0.2, 0) is 6.42 Å². The Kier molecular flexibility index (Phi) is 2.49. The highest BCUT2D eigenvalue weighted by Crippen LogP contribution is 2.37. The monoisotopic (exact) mass is 291 g/mol. The van der Waals surface area contributed by atoms with E-state index in [4.69, 9.17) is 4.74 Å². The van der Waals surface area contributed by atoms with Crippen LogP contribution in [0, 0.1) is 0 Å². The summed E-state index contributed by atoms with van der Waals surface area (Å²) >= 11 is 0. The Bertz CT molecular complexity index is 868. The number of ether oxygens (including phenoxy) is 1. The van der Waals surface area contributed by atoms with Gasteiger partial charge in [-0.1, -0.05) is 24.3 Å². The van der Waals surface area contributed by atoms with E-state index >= 15 is 0 Å². The highest BCUT2D eigenvalue weighted by molar-refractivity contribution is 5.85. The van der Waals surface area contributed by atoms with Gasteiger partial charge in [0.25, 0.3) is 0 Å². The number of hydrogen-bond acceptors (Lipinski definition) is 3. The summed E-state index contributed by atoms with van der Waals surface area (Å²) in [6.07, 6.45) is 1.07. The lowest BCUT2D eigenvalue weighted by Gasteiger charge is -2.25. The van der Waals surface area contributed by atoms with Crippen LogP contribution in [0.3, 0.4) is 0 Å². The lowest BCUT2D eigenvalue weighted by Crippen LogP contribution is -2.30. The van der Waals surface area contributed by atoms with Gasteiger partial charge in [0.2, 0.25) is 0 Å². The molecule has 3 N–H and O–H groups in total. The molecule has 3 aromatic rings. The molecule has 4 heteroatoms. The predicted octanol–water partition coefficient (Wildman–Crippen LogP) is 3.16. The number of anilines is 1. The molecule has 0 radical (unpaired) electrons. The summed E-state index contributed by atoms with van der Waals surface area (Å²) in [5, 5.41) is 8.27. The van der Waals surface area contributed by atoms with E-state index in [2.05, 4.69) is 58.1 Å². The minimum absolute atomic E-state index is 0.212. The first-order valence-electron chi connectivity index (χ1n) is 7.73. The number of fused-ring (bicyclic) bond motifs is 4. The average molecular weight is 291 g/mol. The first kappa shape index (κ1) is 12.1. The van der Waals surface area contributed by atoms with Crippen molar-refractivity contribution in [2.24, 2.45) is 0 Å². The van der Waals surface area contributed by atoms with Crippen LogP contribution in [0.1, 0.15) is 22.9 Å². The lowest BCUT2D eigenvalue weighted by molar-refractivity contribution is 0.372. The molecule has 0 amide bonds. The molecule has 4 nitrogen and oxygen atoms in total. The van der Waals surface area contributed by atoms with Gasteiger partial charge in [-0.3, -0.25) is 0 Å².